The molecule has 0 aliphatic carbocycles. The molecule has 4 aromatic rings. The van der Waals surface area contributed by atoms with E-state index in [1.165, 1.54) is 6.07 Å². The second-order valence-corrected chi connectivity index (χ2v) is 9.36. The van der Waals surface area contributed by atoms with Crippen LogP contribution in [0.2, 0.25) is 0 Å². The molecule has 0 aliphatic heterocycles. The van der Waals surface area contributed by atoms with Crippen molar-refractivity contribution in [2.75, 3.05) is 13.7 Å². The van der Waals surface area contributed by atoms with Crippen molar-refractivity contribution >= 4 is 27.8 Å². The summed E-state index contributed by atoms with van der Waals surface area (Å²) in [5.74, 6) is 0.163. The molecule has 4 rings (SSSR count). The number of carbonyl (C=O) groups is 1. The number of fused-ring (bicyclic) bond motifs is 3. The van der Waals surface area contributed by atoms with Gasteiger partial charge < -0.3 is 24.5 Å². The van der Waals surface area contributed by atoms with E-state index >= 15 is 4.39 Å². The second-order valence-electron chi connectivity index (χ2n) is 9.36. The lowest BCUT2D eigenvalue weighted by atomic mass is 10.0. The average molecular weight is 508 g/mol. The zero-order valence-electron chi connectivity index (χ0n) is 21.2. The SMILES string of the molecule is COc1ccc(Cn2c(=O)c3c(C)nccc3c3cc(F)c(OCC(C)CC(C)NC(=O)O)cc32)cc1. The molecule has 2 N–H and O–H groups in total. The minimum absolute atomic E-state index is 0.0335. The number of aryl methyl sites for hydroxylation is 1. The maximum absolute atomic E-state index is 15.2. The normalized spacial score (nSPS) is 12.9. The summed E-state index contributed by atoms with van der Waals surface area (Å²) in [6.45, 7) is 5.89. The molecule has 2 heterocycles. The lowest BCUT2D eigenvalue weighted by Crippen LogP contribution is -2.33. The van der Waals surface area contributed by atoms with Gasteiger partial charge in [0.15, 0.2) is 11.6 Å². The molecule has 0 saturated heterocycles. The summed E-state index contributed by atoms with van der Waals surface area (Å²) >= 11 is 0. The van der Waals surface area contributed by atoms with Crippen molar-refractivity contribution in [2.45, 2.75) is 39.8 Å². The largest absolute Gasteiger partial charge is 0.497 e. The summed E-state index contributed by atoms with van der Waals surface area (Å²) in [7, 11) is 1.59. The van der Waals surface area contributed by atoms with Crippen LogP contribution in [0.3, 0.4) is 0 Å². The molecule has 2 aromatic heterocycles. The van der Waals surface area contributed by atoms with Gasteiger partial charge in [-0.05, 0) is 61.4 Å². The van der Waals surface area contributed by atoms with Crippen LogP contribution in [0.5, 0.6) is 11.5 Å². The van der Waals surface area contributed by atoms with E-state index in [0.29, 0.717) is 39.5 Å². The number of rotatable bonds is 9. The number of halogens is 1. The van der Waals surface area contributed by atoms with E-state index in [9.17, 15) is 9.59 Å². The molecule has 9 heteroatoms. The number of amides is 1. The Balaban J connectivity index is 1.75. The molecular weight excluding hydrogens is 477 g/mol. The zero-order valence-corrected chi connectivity index (χ0v) is 21.2. The quantitative estimate of drug-likeness (QED) is 0.305. The van der Waals surface area contributed by atoms with Crippen molar-refractivity contribution < 1.29 is 23.8 Å². The molecule has 0 saturated carbocycles. The van der Waals surface area contributed by atoms with Crippen LogP contribution in [0.1, 0.15) is 31.5 Å². The van der Waals surface area contributed by atoms with Crippen molar-refractivity contribution in [1.29, 1.82) is 0 Å². The van der Waals surface area contributed by atoms with E-state index in [1.54, 1.807) is 43.9 Å². The third kappa shape index (κ3) is 5.66. The first-order chi connectivity index (χ1) is 17.7. The number of aromatic nitrogens is 2. The molecule has 0 spiro atoms. The van der Waals surface area contributed by atoms with Gasteiger partial charge in [-0.3, -0.25) is 9.78 Å². The van der Waals surface area contributed by atoms with E-state index in [1.807, 2.05) is 31.2 Å². The van der Waals surface area contributed by atoms with Crippen LogP contribution in [0.25, 0.3) is 21.7 Å². The minimum Gasteiger partial charge on any atom is -0.497 e. The van der Waals surface area contributed by atoms with Gasteiger partial charge in [0.25, 0.3) is 5.56 Å². The molecule has 2 aromatic carbocycles. The Kier molecular flexibility index (Phi) is 7.61. The molecular formula is C28H30FN3O5. The van der Waals surface area contributed by atoms with Gasteiger partial charge in [0.05, 0.1) is 36.9 Å². The molecule has 0 fully saturated rings. The van der Waals surface area contributed by atoms with E-state index < -0.39 is 11.9 Å². The number of nitrogens with zero attached hydrogens (tertiary/aromatic N) is 2. The van der Waals surface area contributed by atoms with Crippen LogP contribution in [0.15, 0.2) is 53.5 Å². The van der Waals surface area contributed by atoms with E-state index in [2.05, 4.69) is 10.3 Å². The first kappa shape index (κ1) is 25.9. The topological polar surface area (TPSA) is 103 Å². The molecule has 1 amide bonds. The summed E-state index contributed by atoms with van der Waals surface area (Å²) in [6, 6.07) is 11.8. The monoisotopic (exact) mass is 507 g/mol. The van der Waals surface area contributed by atoms with Crippen LogP contribution >= 0.6 is 0 Å². The van der Waals surface area contributed by atoms with Gasteiger partial charge in [0.2, 0.25) is 0 Å². The van der Waals surface area contributed by atoms with Gasteiger partial charge >= 0.3 is 6.09 Å². The average Bonchev–Trinajstić information content (AvgIpc) is 2.85. The lowest BCUT2D eigenvalue weighted by Gasteiger charge is -2.19. The molecule has 194 valence electrons. The summed E-state index contributed by atoms with van der Waals surface area (Å²) in [6.07, 6.45) is 1.05. The Morgan fingerprint density at radius 1 is 1.16 bits per heavy atom. The van der Waals surface area contributed by atoms with Crippen molar-refractivity contribution in [3.8, 4) is 11.5 Å². The van der Waals surface area contributed by atoms with Gasteiger partial charge in [0.1, 0.15) is 5.75 Å². The molecule has 2 atom stereocenters. The Hall–Kier alpha value is -4.14. The van der Waals surface area contributed by atoms with Crippen molar-refractivity contribution in [3.63, 3.8) is 0 Å². The maximum atomic E-state index is 15.2. The van der Waals surface area contributed by atoms with E-state index in [0.717, 1.165) is 5.56 Å². The summed E-state index contributed by atoms with van der Waals surface area (Å²) < 4.78 is 27.9. The molecule has 37 heavy (non-hydrogen) atoms. The summed E-state index contributed by atoms with van der Waals surface area (Å²) in [4.78, 5) is 28.8. The van der Waals surface area contributed by atoms with Gasteiger partial charge in [-0.1, -0.05) is 19.1 Å². The molecule has 0 radical (unpaired) electrons. The number of nitrogens with one attached hydrogen (secondary N) is 1. The van der Waals surface area contributed by atoms with Crippen molar-refractivity contribution in [3.05, 3.63) is 76.1 Å². The highest BCUT2D eigenvalue weighted by Gasteiger charge is 2.18. The van der Waals surface area contributed by atoms with Gasteiger partial charge in [0, 0.05) is 23.7 Å². The Morgan fingerprint density at radius 2 is 1.89 bits per heavy atom. The number of pyridine rings is 2. The first-order valence-electron chi connectivity index (χ1n) is 12.0. The summed E-state index contributed by atoms with van der Waals surface area (Å²) in [5, 5.41) is 13.0. The van der Waals surface area contributed by atoms with Crippen LogP contribution in [0, 0.1) is 18.7 Å². The van der Waals surface area contributed by atoms with Crippen LogP contribution < -0.4 is 20.3 Å². The van der Waals surface area contributed by atoms with E-state index in [4.69, 9.17) is 14.6 Å². The Labute approximate surface area is 213 Å². The highest BCUT2D eigenvalue weighted by atomic mass is 19.1. The number of ether oxygens (including phenoxy) is 2. The smallest absolute Gasteiger partial charge is 0.404 e. The van der Waals surface area contributed by atoms with Crippen LogP contribution in [-0.2, 0) is 6.54 Å². The number of carboxylic acid groups (broad SMARTS) is 1. The fraction of sp³-hybridized carbons (Fsp3) is 0.321. The Bertz CT molecular complexity index is 1500. The number of benzene rings is 2. The van der Waals surface area contributed by atoms with Crippen molar-refractivity contribution in [1.82, 2.24) is 14.9 Å². The van der Waals surface area contributed by atoms with Gasteiger partial charge in [-0.2, -0.15) is 0 Å². The van der Waals surface area contributed by atoms with Gasteiger partial charge in [-0.15, -0.1) is 0 Å². The Morgan fingerprint density at radius 3 is 2.57 bits per heavy atom. The fourth-order valence-electron chi connectivity index (χ4n) is 4.64. The van der Waals surface area contributed by atoms with Crippen molar-refractivity contribution in [2.24, 2.45) is 5.92 Å². The molecule has 0 bridgehead atoms. The zero-order chi connectivity index (χ0) is 26.7. The highest BCUT2D eigenvalue weighted by Crippen LogP contribution is 2.30. The van der Waals surface area contributed by atoms with Crippen LogP contribution in [-0.4, -0.2) is 40.5 Å². The number of hydrogen-bond donors (Lipinski definition) is 2. The fourth-order valence-corrected chi connectivity index (χ4v) is 4.64. The van der Waals surface area contributed by atoms with E-state index in [-0.39, 0.29) is 36.4 Å². The lowest BCUT2D eigenvalue weighted by molar-refractivity contribution is 0.185. The third-order valence-corrected chi connectivity index (χ3v) is 6.38. The molecule has 0 aliphatic rings. The predicted octanol–water partition coefficient (Wildman–Crippen LogP) is 5.12. The standard InChI is InChI=1S/C28H30FN3O5/c1-16(11-17(2)31-28(34)35)15-37-25-13-24-22(12-23(25)29)21-9-10-30-18(3)26(21)27(33)32(24)14-19-5-7-20(36-4)8-6-19/h5-10,12-13,16-17,31H,11,14-15H2,1-4H3,(H,34,35). The number of hydrogen-bond acceptors (Lipinski definition) is 5. The predicted molar refractivity (Wildman–Crippen MR) is 140 cm³/mol. The number of methoxy groups -OCH3 is 1. The second kappa shape index (κ2) is 10.9. The third-order valence-electron chi connectivity index (χ3n) is 6.38. The highest BCUT2D eigenvalue weighted by molar-refractivity contribution is 6.06. The summed E-state index contributed by atoms with van der Waals surface area (Å²) in [5.41, 5.74) is 1.78. The first-order valence-corrected chi connectivity index (χ1v) is 12.0. The maximum Gasteiger partial charge on any atom is 0.404 e. The molecule has 2 unspecified atom stereocenters. The van der Waals surface area contributed by atoms with Crippen LogP contribution in [0.4, 0.5) is 9.18 Å². The minimum atomic E-state index is -1.09. The molecule has 8 nitrogen and oxygen atoms in total. The van der Waals surface area contributed by atoms with Gasteiger partial charge in [-0.25, -0.2) is 9.18 Å².